The highest BCUT2D eigenvalue weighted by Crippen LogP contribution is 2.33. The molecule has 1 heterocycles. The first kappa shape index (κ1) is 18.4. The molecular weight excluding hydrogens is 368 g/mol. The number of carbonyl (C=O) groups excluding carboxylic acids is 1. The Hall–Kier alpha value is -1.99. The number of rotatable bonds is 2. The maximum Gasteiger partial charge on any atom is 0.417 e. The summed E-state index contributed by atoms with van der Waals surface area (Å²) in [7, 11) is 2.56. The second-order valence-corrected chi connectivity index (χ2v) is 5.82. The highest BCUT2D eigenvalue weighted by Gasteiger charge is 2.37. The third-order valence-electron chi connectivity index (χ3n) is 3.36. The molecule has 0 spiro atoms. The number of hydrogen-bond acceptors (Lipinski definition) is 2. The van der Waals surface area contributed by atoms with Crippen LogP contribution in [0.25, 0.3) is 0 Å². The molecule has 0 aliphatic carbocycles. The lowest BCUT2D eigenvalue weighted by Gasteiger charge is -2.21. The molecule has 4 nitrogen and oxygen atoms in total. The standard InChI is InChI=1S/C15H11Cl2F3N2O2/c1-21-7-9(10(6-13(21)23)15(18,19)20)14(24)22(2)8-3-4-11(16)12(17)5-8/h3-7H,1-2H3. The second-order valence-electron chi connectivity index (χ2n) is 5.01. The van der Waals surface area contributed by atoms with Crippen molar-refractivity contribution in [2.24, 2.45) is 7.05 Å². The molecule has 24 heavy (non-hydrogen) atoms. The Kier molecular flexibility index (Phi) is 4.96. The maximum atomic E-state index is 13.1. The van der Waals surface area contributed by atoms with Crippen LogP contribution in [0.15, 0.2) is 35.3 Å². The van der Waals surface area contributed by atoms with Gasteiger partial charge in [0.2, 0.25) is 0 Å². The maximum absolute atomic E-state index is 13.1. The summed E-state index contributed by atoms with van der Waals surface area (Å²) in [4.78, 5) is 25.0. The van der Waals surface area contributed by atoms with Crippen LogP contribution in [0.1, 0.15) is 15.9 Å². The van der Waals surface area contributed by atoms with Gasteiger partial charge in [0.25, 0.3) is 11.5 Å². The van der Waals surface area contributed by atoms with E-state index in [-0.39, 0.29) is 15.7 Å². The van der Waals surface area contributed by atoms with Crippen LogP contribution < -0.4 is 10.5 Å². The van der Waals surface area contributed by atoms with Crippen LogP contribution in [0.4, 0.5) is 18.9 Å². The van der Waals surface area contributed by atoms with Crippen molar-refractivity contribution in [2.75, 3.05) is 11.9 Å². The van der Waals surface area contributed by atoms with Crippen molar-refractivity contribution in [3.8, 4) is 0 Å². The van der Waals surface area contributed by atoms with Crippen molar-refractivity contribution in [2.45, 2.75) is 6.18 Å². The van der Waals surface area contributed by atoms with E-state index in [1.165, 1.54) is 32.3 Å². The first-order valence-electron chi connectivity index (χ1n) is 6.53. The average Bonchev–Trinajstić information content (AvgIpc) is 2.49. The number of pyridine rings is 1. The number of alkyl halides is 3. The molecule has 128 valence electrons. The Balaban J connectivity index is 2.54. The van der Waals surface area contributed by atoms with Gasteiger partial charge in [-0.15, -0.1) is 0 Å². The van der Waals surface area contributed by atoms with E-state index < -0.39 is 28.8 Å². The number of hydrogen-bond donors (Lipinski definition) is 0. The molecule has 0 saturated heterocycles. The summed E-state index contributed by atoms with van der Waals surface area (Å²) in [6.07, 6.45) is -3.97. The van der Waals surface area contributed by atoms with Crippen LogP contribution in [0.5, 0.6) is 0 Å². The van der Waals surface area contributed by atoms with E-state index in [1.807, 2.05) is 0 Å². The van der Waals surface area contributed by atoms with Crippen molar-refractivity contribution in [3.63, 3.8) is 0 Å². The van der Waals surface area contributed by atoms with E-state index in [4.69, 9.17) is 23.2 Å². The number of benzene rings is 1. The molecule has 0 fully saturated rings. The van der Waals surface area contributed by atoms with Gasteiger partial charge in [-0.25, -0.2) is 0 Å². The van der Waals surface area contributed by atoms with Gasteiger partial charge in [0, 0.05) is 32.0 Å². The molecule has 1 aromatic heterocycles. The van der Waals surface area contributed by atoms with Crippen molar-refractivity contribution >= 4 is 34.8 Å². The van der Waals surface area contributed by atoms with Gasteiger partial charge in [-0.2, -0.15) is 13.2 Å². The number of anilines is 1. The van der Waals surface area contributed by atoms with Crippen LogP contribution >= 0.6 is 23.2 Å². The highest BCUT2D eigenvalue weighted by atomic mass is 35.5. The zero-order valence-corrected chi connectivity index (χ0v) is 14.0. The number of carbonyl (C=O) groups is 1. The zero-order chi connectivity index (χ0) is 18.2. The largest absolute Gasteiger partial charge is 0.417 e. The lowest BCUT2D eigenvalue weighted by Crippen LogP contribution is -2.31. The molecule has 2 aromatic rings. The lowest BCUT2D eigenvalue weighted by molar-refractivity contribution is -0.138. The van der Waals surface area contributed by atoms with Crippen molar-refractivity contribution in [3.05, 3.63) is 62.0 Å². The van der Waals surface area contributed by atoms with Gasteiger partial charge in [0.15, 0.2) is 0 Å². The van der Waals surface area contributed by atoms with Crippen LogP contribution in [0, 0.1) is 0 Å². The van der Waals surface area contributed by atoms with E-state index in [2.05, 4.69) is 0 Å². The summed E-state index contributed by atoms with van der Waals surface area (Å²) in [5.74, 6) is -0.934. The quantitative estimate of drug-likeness (QED) is 0.792. The Morgan fingerprint density at radius 3 is 2.33 bits per heavy atom. The number of aryl methyl sites for hydroxylation is 1. The van der Waals surface area contributed by atoms with Gasteiger partial charge in [-0.05, 0) is 18.2 Å². The fourth-order valence-electron chi connectivity index (χ4n) is 2.03. The molecule has 0 N–H and O–H groups in total. The predicted molar refractivity (Wildman–Crippen MR) is 85.9 cm³/mol. The molecule has 0 atom stereocenters. The minimum Gasteiger partial charge on any atom is -0.318 e. The zero-order valence-electron chi connectivity index (χ0n) is 12.5. The molecule has 0 saturated carbocycles. The number of halogens is 5. The van der Waals surface area contributed by atoms with Gasteiger partial charge in [0.1, 0.15) is 0 Å². The molecular formula is C15H11Cl2F3N2O2. The average molecular weight is 379 g/mol. The van der Waals surface area contributed by atoms with Crippen LogP contribution in [-0.2, 0) is 13.2 Å². The van der Waals surface area contributed by atoms with E-state index in [1.54, 1.807) is 0 Å². The smallest absolute Gasteiger partial charge is 0.318 e. The van der Waals surface area contributed by atoms with Gasteiger partial charge in [-0.3, -0.25) is 9.59 Å². The summed E-state index contributed by atoms with van der Waals surface area (Å²) in [5, 5.41) is 0.407. The molecule has 0 unspecified atom stereocenters. The highest BCUT2D eigenvalue weighted by molar-refractivity contribution is 6.42. The van der Waals surface area contributed by atoms with E-state index in [0.717, 1.165) is 15.7 Å². The van der Waals surface area contributed by atoms with Crippen LogP contribution in [0.2, 0.25) is 10.0 Å². The molecule has 0 radical (unpaired) electrons. The van der Waals surface area contributed by atoms with E-state index in [0.29, 0.717) is 6.07 Å². The van der Waals surface area contributed by atoms with Gasteiger partial charge in [-0.1, -0.05) is 23.2 Å². The number of aromatic nitrogens is 1. The first-order chi connectivity index (χ1) is 11.0. The molecule has 1 aromatic carbocycles. The monoisotopic (exact) mass is 378 g/mol. The molecule has 9 heteroatoms. The summed E-state index contributed by atoms with van der Waals surface area (Å²) in [6, 6.07) is 4.63. The SMILES string of the molecule is CN(C(=O)c1cn(C)c(=O)cc1C(F)(F)F)c1ccc(Cl)c(Cl)c1. The molecule has 0 aliphatic rings. The van der Waals surface area contributed by atoms with Crippen molar-refractivity contribution in [1.29, 1.82) is 0 Å². The topological polar surface area (TPSA) is 42.3 Å². The molecule has 2 rings (SSSR count). The minimum absolute atomic E-state index is 0.158. The van der Waals surface area contributed by atoms with Gasteiger partial charge < -0.3 is 9.47 Å². The summed E-state index contributed by atoms with van der Waals surface area (Å²) < 4.78 is 40.3. The summed E-state index contributed by atoms with van der Waals surface area (Å²) in [5.41, 5.74) is -2.53. The van der Waals surface area contributed by atoms with Gasteiger partial charge >= 0.3 is 6.18 Å². The number of nitrogens with zero attached hydrogens (tertiary/aromatic N) is 2. The fraction of sp³-hybridized carbons (Fsp3) is 0.200. The first-order valence-corrected chi connectivity index (χ1v) is 7.29. The summed E-state index contributed by atoms with van der Waals surface area (Å²) >= 11 is 11.6. The molecule has 1 amide bonds. The van der Waals surface area contributed by atoms with Crippen molar-refractivity contribution < 1.29 is 18.0 Å². The predicted octanol–water partition coefficient (Wildman–Crippen LogP) is 3.99. The number of amides is 1. The van der Waals surface area contributed by atoms with Gasteiger partial charge in [0.05, 0.1) is 21.2 Å². The second kappa shape index (κ2) is 6.49. The third kappa shape index (κ3) is 3.57. The Bertz CT molecular complexity index is 863. The minimum atomic E-state index is -4.84. The molecule has 0 aliphatic heterocycles. The normalized spacial score (nSPS) is 11.5. The molecule has 0 bridgehead atoms. The van der Waals surface area contributed by atoms with E-state index in [9.17, 15) is 22.8 Å². The third-order valence-corrected chi connectivity index (χ3v) is 4.10. The Labute approximate surface area is 145 Å². The van der Waals surface area contributed by atoms with Crippen molar-refractivity contribution in [1.82, 2.24) is 4.57 Å². The Morgan fingerprint density at radius 1 is 1.17 bits per heavy atom. The van der Waals surface area contributed by atoms with Crippen LogP contribution in [0.3, 0.4) is 0 Å². The van der Waals surface area contributed by atoms with Crippen LogP contribution in [-0.4, -0.2) is 17.5 Å². The Morgan fingerprint density at radius 2 is 1.79 bits per heavy atom. The summed E-state index contributed by atoms with van der Waals surface area (Å²) in [6.45, 7) is 0. The fourth-order valence-corrected chi connectivity index (χ4v) is 2.32. The van der Waals surface area contributed by atoms with E-state index >= 15 is 0 Å². The lowest BCUT2D eigenvalue weighted by atomic mass is 10.1.